The topological polar surface area (TPSA) is 80.2 Å². The van der Waals surface area contributed by atoms with E-state index in [1.54, 1.807) is 25.7 Å². The molecule has 2 aromatic heterocycles. The molecule has 1 amide bonds. The van der Waals surface area contributed by atoms with E-state index in [-0.39, 0.29) is 5.91 Å². The van der Waals surface area contributed by atoms with Crippen molar-refractivity contribution in [2.45, 2.75) is 31.6 Å². The molecule has 1 N–H and O–H groups in total. The fourth-order valence-electron chi connectivity index (χ4n) is 3.87. The summed E-state index contributed by atoms with van der Waals surface area (Å²) in [6, 6.07) is 13.9. The molecule has 7 nitrogen and oxygen atoms in total. The average Bonchev–Trinajstić information content (AvgIpc) is 2.84. The summed E-state index contributed by atoms with van der Waals surface area (Å²) < 4.78 is 5.18. The number of nitrogens with zero attached hydrogens (tertiary/aromatic N) is 4. The zero-order valence-electron chi connectivity index (χ0n) is 17.7. The van der Waals surface area contributed by atoms with Crippen molar-refractivity contribution in [3.63, 3.8) is 0 Å². The highest BCUT2D eigenvalue weighted by Crippen LogP contribution is 2.28. The van der Waals surface area contributed by atoms with Crippen LogP contribution < -0.4 is 10.1 Å². The van der Waals surface area contributed by atoms with Gasteiger partial charge in [0.15, 0.2) is 0 Å². The third-order valence-electron chi connectivity index (χ3n) is 5.64. The lowest BCUT2D eigenvalue weighted by Crippen LogP contribution is -2.38. The predicted molar refractivity (Wildman–Crippen MR) is 119 cm³/mol. The molecule has 3 heterocycles. The first-order valence-corrected chi connectivity index (χ1v) is 10.6. The van der Waals surface area contributed by atoms with E-state index >= 15 is 0 Å². The highest BCUT2D eigenvalue weighted by molar-refractivity contribution is 5.76. The van der Waals surface area contributed by atoms with E-state index in [0.717, 1.165) is 55.2 Å². The number of carbonyl (C=O) groups excluding carboxylic acids is 1. The number of likely N-dealkylation sites (tertiary alicyclic amines) is 1. The number of aryl methyl sites for hydroxylation is 1. The first kappa shape index (κ1) is 20.8. The second-order valence-electron chi connectivity index (χ2n) is 7.67. The summed E-state index contributed by atoms with van der Waals surface area (Å²) >= 11 is 0. The Balaban J connectivity index is 1.28. The van der Waals surface area contributed by atoms with Crippen molar-refractivity contribution in [3.05, 3.63) is 72.3 Å². The molecule has 0 spiro atoms. The van der Waals surface area contributed by atoms with E-state index in [2.05, 4.69) is 21.4 Å². The summed E-state index contributed by atoms with van der Waals surface area (Å²) in [5.74, 6) is 2.84. The van der Waals surface area contributed by atoms with Crippen molar-refractivity contribution in [1.82, 2.24) is 19.9 Å². The van der Waals surface area contributed by atoms with Crippen LogP contribution in [-0.2, 0) is 11.2 Å². The molecule has 0 saturated carbocycles. The number of hydrogen-bond acceptors (Lipinski definition) is 6. The lowest BCUT2D eigenvalue weighted by Gasteiger charge is -2.32. The molecule has 0 atom stereocenters. The monoisotopic (exact) mass is 417 g/mol. The standard InChI is InChI=1S/C24H27N5O2/c1-31-20-8-5-18(6-9-20)7-10-24(30)29-15-11-19(12-16-29)21-3-2-4-22(27-21)28-23-17-25-13-14-26-23/h2-6,8-9,13-14,17,19H,7,10-12,15-16H2,1H3,(H,26,27,28). The van der Waals surface area contributed by atoms with E-state index in [9.17, 15) is 4.79 Å². The number of hydrogen-bond donors (Lipinski definition) is 1. The van der Waals surface area contributed by atoms with E-state index < -0.39 is 0 Å². The van der Waals surface area contributed by atoms with Gasteiger partial charge in [0, 0.05) is 43.5 Å². The molecule has 0 radical (unpaired) electrons. The Bertz CT molecular complexity index is 986. The van der Waals surface area contributed by atoms with Gasteiger partial charge in [0.25, 0.3) is 0 Å². The number of nitrogens with one attached hydrogen (secondary N) is 1. The van der Waals surface area contributed by atoms with Crippen LogP contribution >= 0.6 is 0 Å². The number of carbonyl (C=O) groups is 1. The minimum atomic E-state index is 0.222. The van der Waals surface area contributed by atoms with Crippen molar-refractivity contribution < 1.29 is 9.53 Å². The second-order valence-corrected chi connectivity index (χ2v) is 7.67. The number of rotatable bonds is 7. The number of pyridine rings is 1. The molecule has 1 aliphatic heterocycles. The summed E-state index contributed by atoms with van der Waals surface area (Å²) in [7, 11) is 1.66. The van der Waals surface area contributed by atoms with Gasteiger partial charge in [-0.05, 0) is 49.1 Å². The number of benzene rings is 1. The maximum Gasteiger partial charge on any atom is 0.222 e. The number of aromatic nitrogens is 3. The van der Waals surface area contributed by atoms with Crippen LogP contribution in [0.5, 0.6) is 5.75 Å². The Morgan fingerprint density at radius 2 is 1.90 bits per heavy atom. The van der Waals surface area contributed by atoms with Gasteiger partial charge in [-0.1, -0.05) is 18.2 Å². The number of amides is 1. The van der Waals surface area contributed by atoms with Gasteiger partial charge < -0.3 is 15.0 Å². The summed E-state index contributed by atoms with van der Waals surface area (Å²) in [5.41, 5.74) is 2.21. The number of methoxy groups -OCH3 is 1. The number of ether oxygens (including phenoxy) is 1. The first-order valence-electron chi connectivity index (χ1n) is 10.6. The smallest absolute Gasteiger partial charge is 0.222 e. The van der Waals surface area contributed by atoms with Gasteiger partial charge in [-0.3, -0.25) is 9.78 Å². The van der Waals surface area contributed by atoms with Crippen LogP contribution in [0, 0.1) is 0 Å². The highest BCUT2D eigenvalue weighted by atomic mass is 16.5. The zero-order chi connectivity index (χ0) is 21.5. The number of piperidine rings is 1. The molecular weight excluding hydrogens is 390 g/mol. The molecule has 1 aliphatic rings. The normalized spacial score (nSPS) is 14.3. The summed E-state index contributed by atoms with van der Waals surface area (Å²) in [6.07, 6.45) is 8.10. The van der Waals surface area contributed by atoms with Crippen molar-refractivity contribution in [2.24, 2.45) is 0 Å². The SMILES string of the molecule is COc1ccc(CCC(=O)N2CCC(c3cccc(Nc4cnccn4)n3)CC2)cc1. The van der Waals surface area contributed by atoms with E-state index in [1.165, 1.54) is 0 Å². The van der Waals surface area contributed by atoms with Gasteiger partial charge in [-0.15, -0.1) is 0 Å². The fourth-order valence-corrected chi connectivity index (χ4v) is 3.87. The molecule has 3 aromatic rings. The Labute approximate surface area is 182 Å². The largest absolute Gasteiger partial charge is 0.497 e. The van der Waals surface area contributed by atoms with E-state index in [1.807, 2.05) is 41.3 Å². The summed E-state index contributed by atoms with van der Waals surface area (Å²) in [4.78, 5) is 27.7. The zero-order valence-corrected chi connectivity index (χ0v) is 17.7. The quantitative estimate of drug-likeness (QED) is 0.627. The third kappa shape index (κ3) is 5.57. The minimum absolute atomic E-state index is 0.222. The van der Waals surface area contributed by atoms with Crippen LogP contribution in [0.25, 0.3) is 0 Å². The van der Waals surface area contributed by atoms with Crippen molar-refractivity contribution in [3.8, 4) is 5.75 Å². The molecule has 7 heteroatoms. The van der Waals surface area contributed by atoms with E-state index in [0.29, 0.717) is 18.2 Å². The van der Waals surface area contributed by atoms with Crippen LogP contribution in [-0.4, -0.2) is 46.0 Å². The molecule has 0 bridgehead atoms. The number of anilines is 2. The van der Waals surface area contributed by atoms with Crippen LogP contribution in [0.15, 0.2) is 61.1 Å². The van der Waals surface area contributed by atoms with Gasteiger partial charge in [0.1, 0.15) is 17.4 Å². The predicted octanol–water partition coefficient (Wildman–Crippen LogP) is 3.96. The van der Waals surface area contributed by atoms with Crippen LogP contribution in [0.1, 0.15) is 36.4 Å². The van der Waals surface area contributed by atoms with Crippen LogP contribution in [0.3, 0.4) is 0 Å². The van der Waals surface area contributed by atoms with Gasteiger partial charge in [0.05, 0.1) is 13.3 Å². The molecule has 0 aliphatic carbocycles. The lowest BCUT2D eigenvalue weighted by molar-refractivity contribution is -0.132. The Morgan fingerprint density at radius 1 is 1.10 bits per heavy atom. The van der Waals surface area contributed by atoms with Crippen LogP contribution in [0.2, 0.25) is 0 Å². The van der Waals surface area contributed by atoms with Gasteiger partial charge >= 0.3 is 0 Å². The van der Waals surface area contributed by atoms with Crippen molar-refractivity contribution >= 4 is 17.5 Å². The van der Waals surface area contributed by atoms with Crippen LogP contribution in [0.4, 0.5) is 11.6 Å². The van der Waals surface area contributed by atoms with Crippen molar-refractivity contribution in [1.29, 1.82) is 0 Å². The maximum absolute atomic E-state index is 12.7. The Morgan fingerprint density at radius 3 is 2.61 bits per heavy atom. The molecule has 160 valence electrons. The summed E-state index contributed by atoms with van der Waals surface area (Å²) in [6.45, 7) is 1.55. The summed E-state index contributed by atoms with van der Waals surface area (Å²) in [5, 5.41) is 3.19. The fraction of sp³-hybridized carbons (Fsp3) is 0.333. The molecule has 1 saturated heterocycles. The third-order valence-corrected chi connectivity index (χ3v) is 5.64. The van der Waals surface area contributed by atoms with Gasteiger partial charge in [-0.2, -0.15) is 0 Å². The first-order chi connectivity index (χ1) is 15.2. The molecule has 1 aromatic carbocycles. The van der Waals surface area contributed by atoms with Gasteiger partial charge in [-0.25, -0.2) is 9.97 Å². The molecule has 0 unspecified atom stereocenters. The highest BCUT2D eigenvalue weighted by Gasteiger charge is 2.24. The Hall–Kier alpha value is -3.48. The van der Waals surface area contributed by atoms with Crippen molar-refractivity contribution in [2.75, 3.05) is 25.5 Å². The minimum Gasteiger partial charge on any atom is -0.497 e. The van der Waals surface area contributed by atoms with E-state index in [4.69, 9.17) is 9.72 Å². The maximum atomic E-state index is 12.7. The second kappa shape index (κ2) is 10.0. The Kier molecular flexibility index (Phi) is 6.72. The molecule has 1 fully saturated rings. The average molecular weight is 418 g/mol. The van der Waals surface area contributed by atoms with Gasteiger partial charge in [0.2, 0.25) is 5.91 Å². The lowest BCUT2D eigenvalue weighted by atomic mass is 9.92. The molecular formula is C24H27N5O2. The molecule has 31 heavy (non-hydrogen) atoms. The molecule has 4 rings (SSSR count).